The summed E-state index contributed by atoms with van der Waals surface area (Å²) < 4.78 is 5.85. The van der Waals surface area contributed by atoms with Gasteiger partial charge in [-0.05, 0) is 86.3 Å². The lowest BCUT2D eigenvalue weighted by atomic mass is 9.43. The Kier molecular flexibility index (Phi) is 3.22. The largest absolute Gasteiger partial charge is 0.468 e. The molecule has 2 nitrogen and oxygen atoms in total. The summed E-state index contributed by atoms with van der Waals surface area (Å²) in [6.07, 6.45) is 11.7. The molecule has 4 aliphatic carbocycles. The number of hydrogen-bond acceptors (Lipinski definition) is 2. The van der Waals surface area contributed by atoms with Crippen molar-refractivity contribution < 1.29 is 4.42 Å². The van der Waals surface area contributed by atoms with Gasteiger partial charge in [0.05, 0.1) is 12.3 Å². The van der Waals surface area contributed by atoms with E-state index in [1.165, 1.54) is 50.7 Å². The lowest BCUT2D eigenvalue weighted by Gasteiger charge is -2.63. The summed E-state index contributed by atoms with van der Waals surface area (Å²) in [7, 11) is 0. The highest BCUT2D eigenvalue weighted by Gasteiger charge is 2.58. The number of nitrogens with one attached hydrogen (secondary N) is 1. The minimum absolute atomic E-state index is 0.428. The molecule has 3 unspecified atom stereocenters. The molecule has 0 aliphatic heterocycles. The minimum atomic E-state index is 0.428. The van der Waals surface area contributed by atoms with Gasteiger partial charge < -0.3 is 9.73 Å². The van der Waals surface area contributed by atoms with Gasteiger partial charge in [-0.1, -0.05) is 13.8 Å². The molecule has 4 fully saturated rings. The summed E-state index contributed by atoms with van der Waals surface area (Å²) in [6, 6.07) is 4.67. The Labute approximate surface area is 128 Å². The van der Waals surface area contributed by atoms with Crippen molar-refractivity contribution in [3.63, 3.8) is 0 Å². The van der Waals surface area contributed by atoms with E-state index in [4.69, 9.17) is 4.42 Å². The van der Waals surface area contributed by atoms with Crippen LogP contribution >= 0.6 is 0 Å². The molecule has 1 N–H and O–H groups in total. The second-order valence-electron chi connectivity index (χ2n) is 8.54. The number of hydrogen-bond donors (Lipinski definition) is 1. The van der Waals surface area contributed by atoms with Gasteiger partial charge in [0.15, 0.2) is 0 Å². The zero-order chi connectivity index (χ0) is 14.5. The van der Waals surface area contributed by atoms with E-state index in [0.29, 0.717) is 16.9 Å². The van der Waals surface area contributed by atoms with Crippen molar-refractivity contribution in [2.45, 2.75) is 64.8 Å². The second-order valence-corrected chi connectivity index (χ2v) is 8.54. The van der Waals surface area contributed by atoms with Crippen LogP contribution in [0.4, 0.5) is 0 Å². The van der Waals surface area contributed by atoms with Crippen molar-refractivity contribution in [1.82, 2.24) is 5.32 Å². The fraction of sp³-hybridized carbons (Fsp3) is 0.789. The molecule has 3 atom stereocenters. The third-order valence-electron chi connectivity index (χ3n) is 6.44. The molecule has 4 saturated carbocycles. The molecule has 0 spiro atoms. The Morgan fingerprint density at radius 2 is 2.05 bits per heavy atom. The number of furan rings is 1. The SMILES string of the molecule is CCCNC(c1ccco1)C12CC3CC(CC(C)(C3)C1)C2. The van der Waals surface area contributed by atoms with Crippen LogP contribution < -0.4 is 5.32 Å². The van der Waals surface area contributed by atoms with E-state index < -0.39 is 0 Å². The molecule has 1 aromatic heterocycles. The van der Waals surface area contributed by atoms with Crippen LogP contribution in [0.3, 0.4) is 0 Å². The first-order valence-electron chi connectivity index (χ1n) is 8.89. The third kappa shape index (κ3) is 2.27. The fourth-order valence-electron chi connectivity index (χ4n) is 6.50. The van der Waals surface area contributed by atoms with Crippen LogP contribution in [0.2, 0.25) is 0 Å². The molecule has 4 bridgehead atoms. The average molecular weight is 287 g/mol. The standard InChI is InChI=1S/C19H29NO/c1-3-6-20-17(16-5-4-7-21-16)19-11-14-8-15(12-19)10-18(2,9-14)13-19/h4-5,7,14-15,17,20H,3,6,8-13H2,1-2H3. The van der Waals surface area contributed by atoms with Crippen molar-refractivity contribution in [1.29, 1.82) is 0 Å². The lowest BCUT2D eigenvalue weighted by molar-refractivity contribution is -0.121. The van der Waals surface area contributed by atoms with Crippen LogP contribution in [-0.4, -0.2) is 6.54 Å². The predicted molar refractivity (Wildman–Crippen MR) is 85.0 cm³/mol. The van der Waals surface area contributed by atoms with Crippen molar-refractivity contribution in [3.05, 3.63) is 24.2 Å². The summed E-state index contributed by atoms with van der Waals surface area (Å²) in [6.45, 7) is 5.91. The summed E-state index contributed by atoms with van der Waals surface area (Å²) >= 11 is 0. The Hall–Kier alpha value is -0.760. The van der Waals surface area contributed by atoms with E-state index in [0.717, 1.165) is 18.4 Å². The highest BCUT2D eigenvalue weighted by Crippen LogP contribution is 2.68. The van der Waals surface area contributed by atoms with E-state index in [9.17, 15) is 0 Å². The maximum atomic E-state index is 5.85. The molecular weight excluding hydrogens is 258 g/mol. The van der Waals surface area contributed by atoms with Gasteiger partial charge in [-0.3, -0.25) is 0 Å². The van der Waals surface area contributed by atoms with Gasteiger partial charge in [0.1, 0.15) is 5.76 Å². The second kappa shape index (κ2) is 4.87. The van der Waals surface area contributed by atoms with Gasteiger partial charge in [-0.15, -0.1) is 0 Å². The van der Waals surface area contributed by atoms with E-state index in [1.807, 2.05) is 6.26 Å². The fourth-order valence-corrected chi connectivity index (χ4v) is 6.50. The molecular formula is C19H29NO. The monoisotopic (exact) mass is 287 g/mol. The molecule has 1 heterocycles. The summed E-state index contributed by atoms with van der Waals surface area (Å²) in [5.74, 6) is 3.11. The predicted octanol–water partition coefficient (Wildman–Crippen LogP) is 4.93. The topological polar surface area (TPSA) is 25.2 Å². The third-order valence-corrected chi connectivity index (χ3v) is 6.44. The average Bonchev–Trinajstić information content (AvgIpc) is 2.89. The van der Waals surface area contributed by atoms with Gasteiger partial charge >= 0.3 is 0 Å². The molecule has 2 heteroatoms. The first kappa shape index (κ1) is 13.9. The molecule has 0 aromatic carbocycles. The molecule has 0 radical (unpaired) electrons. The first-order chi connectivity index (χ1) is 10.1. The van der Waals surface area contributed by atoms with Gasteiger partial charge in [0, 0.05) is 0 Å². The van der Waals surface area contributed by atoms with Gasteiger partial charge in [0.25, 0.3) is 0 Å². The van der Waals surface area contributed by atoms with Gasteiger partial charge in [-0.2, -0.15) is 0 Å². The summed E-state index contributed by atoms with van der Waals surface area (Å²) in [5.41, 5.74) is 1.05. The maximum Gasteiger partial charge on any atom is 0.121 e. The van der Waals surface area contributed by atoms with Gasteiger partial charge in [-0.25, -0.2) is 0 Å². The Morgan fingerprint density at radius 3 is 2.62 bits per heavy atom. The molecule has 0 saturated heterocycles. The molecule has 116 valence electrons. The van der Waals surface area contributed by atoms with Crippen LogP contribution in [0.1, 0.15) is 70.6 Å². The quantitative estimate of drug-likeness (QED) is 0.831. The Morgan fingerprint density at radius 1 is 1.29 bits per heavy atom. The van der Waals surface area contributed by atoms with Crippen molar-refractivity contribution in [2.24, 2.45) is 22.7 Å². The zero-order valence-electron chi connectivity index (χ0n) is 13.5. The van der Waals surface area contributed by atoms with Crippen molar-refractivity contribution in [2.75, 3.05) is 6.54 Å². The molecule has 0 amide bonds. The zero-order valence-corrected chi connectivity index (χ0v) is 13.5. The highest BCUT2D eigenvalue weighted by molar-refractivity contribution is 5.16. The van der Waals surface area contributed by atoms with Crippen molar-refractivity contribution >= 4 is 0 Å². The number of rotatable bonds is 5. The lowest BCUT2D eigenvalue weighted by Crippen LogP contribution is -2.55. The van der Waals surface area contributed by atoms with Crippen molar-refractivity contribution in [3.8, 4) is 0 Å². The maximum absolute atomic E-state index is 5.85. The molecule has 1 aromatic rings. The summed E-state index contributed by atoms with van der Waals surface area (Å²) in [4.78, 5) is 0. The van der Waals surface area contributed by atoms with Crippen LogP contribution in [0.5, 0.6) is 0 Å². The Bertz CT molecular complexity index is 478. The first-order valence-corrected chi connectivity index (χ1v) is 8.89. The molecule has 5 rings (SSSR count). The normalized spacial score (nSPS) is 42.4. The van der Waals surface area contributed by atoms with Gasteiger partial charge in [0.2, 0.25) is 0 Å². The Balaban J connectivity index is 1.68. The van der Waals surface area contributed by atoms with E-state index in [-0.39, 0.29) is 0 Å². The van der Waals surface area contributed by atoms with Crippen LogP contribution in [0.25, 0.3) is 0 Å². The van der Waals surface area contributed by atoms with E-state index in [1.54, 1.807) is 0 Å². The van der Waals surface area contributed by atoms with E-state index >= 15 is 0 Å². The van der Waals surface area contributed by atoms with Crippen LogP contribution in [-0.2, 0) is 0 Å². The van der Waals surface area contributed by atoms with Crippen LogP contribution in [0, 0.1) is 22.7 Å². The highest BCUT2D eigenvalue weighted by atomic mass is 16.3. The molecule has 21 heavy (non-hydrogen) atoms. The molecule has 4 aliphatic rings. The smallest absolute Gasteiger partial charge is 0.121 e. The van der Waals surface area contributed by atoms with Crippen LogP contribution in [0.15, 0.2) is 22.8 Å². The summed E-state index contributed by atoms with van der Waals surface area (Å²) in [5, 5.41) is 3.85. The minimum Gasteiger partial charge on any atom is -0.468 e. The van der Waals surface area contributed by atoms with E-state index in [2.05, 4.69) is 31.3 Å².